The number of anilines is 1. The number of para-hydroxylation sites is 1. The highest BCUT2D eigenvalue weighted by Gasteiger charge is 2.31. The Labute approximate surface area is 225 Å². The Morgan fingerprint density at radius 1 is 0.921 bits per heavy atom. The van der Waals surface area contributed by atoms with E-state index >= 15 is 0 Å². The van der Waals surface area contributed by atoms with Gasteiger partial charge in [-0.25, -0.2) is 8.42 Å². The average Bonchev–Trinajstić information content (AvgIpc) is 2.88. The summed E-state index contributed by atoms with van der Waals surface area (Å²) in [7, 11) is -3.82. The molecule has 0 aromatic heterocycles. The molecule has 3 aromatic carbocycles. The van der Waals surface area contributed by atoms with Crippen molar-refractivity contribution in [3.63, 3.8) is 0 Å². The Balaban J connectivity index is 1.89. The number of nitrogens with zero attached hydrogens (tertiary/aromatic N) is 2. The molecule has 0 saturated carbocycles. The summed E-state index contributed by atoms with van der Waals surface area (Å²) in [5.74, 6) is 0.435. The second kappa shape index (κ2) is 13.1. The van der Waals surface area contributed by atoms with E-state index in [1.165, 1.54) is 4.90 Å². The Hall–Kier alpha value is -3.85. The van der Waals surface area contributed by atoms with Gasteiger partial charge in [-0.3, -0.25) is 13.9 Å². The number of benzene rings is 3. The quantitative estimate of drug-likeness (QED) is 0.367. The molecule has 0 heterocycles. The Bertz CT molecular complexity index is 1330. The summed E-state index contributed by atoms with van der Waals surface area (Å²) in [5, 5.41) is 2.79. The zero-order valence-corrected chi connectivity index (χ0v) is 23.1. The van der Waals surface area contributed by atoms with Crippen LogP contribution in [-0.2, 0) is 26.2 Å². The Morgan fingerprint density at radius 2 is 1.58 bits per heavy atom. The topological polar surface area (TPSA) is 96.0 Å². The number of amides is 2. The molecular weight excluding hydrogens is 502 g/mol. The third-order valence-corrected chi connectivity index (χ3v) is 7.10. The molecule has 202 valence electrons. The molecule has 0 aliphatic rings. The van der Waals surface area contributed by atoms with Gasteiger partial charge in [0.05, 0.1) is 11.9 Å². The van der Waals surface area contributed by atoms with Crippen LogP contribution in [0, 0.1) is 6.92 Å². The van der Waals surface area contributed by atoms with Gasteiger partial charge in [0.1, 0.15) is 24.1 Å². The molecule has 38 heavy (non-hydrogen) atoms. The van der Waals surface area contributed by atoms with Crippen molar-refractivity contribution in [3.05, 3.63) is 90.0 Å². The average molecular weight is 538 g/mol. The van der Waals surface area contributed by atoms with Gasteiger partial charge in [0, 0.05) is 13.1 Å². The molecule has 0 bridgehead atoms. The lowest BCUT2D eigenvalue weighted by molar-refractivity contribution is -0.140. The van der Waals surface area contributed by atoms with E-state index in [9.17, 15) is 18.0 Å². The maximum atomic E-state index is 13.7. The molecule has 0 radical (unpaired) electrons. The van der Waals surface area contributed by atoms with Crippen molar-refractivity contribution in [3.8, 4) is 11.5 Å². The first-order chi connectivity index (χ1) is 18.1. The van der Waals surface area contributed by atoms with Gasteiger partial charge in [0.25, 0.3) is 0 Å². The second-order valence-corrected chi connectivity index (χ2v) is 10.9. The number of hydrogen-bond donors (Lipinski definition) is 1. The van der Waals surface area contributed by atoms with E-state index in [1.54, 1.807) is 24.3 Å². The molecule has 0 saturated heterocycles. The number of likely N-dealkylation sites (N-methyl/N-ethyl adjacent to an activating group) is 1. The number of hydrogen-bond acceptors (Lipinski definition) is 5. The van der Waals surface area contributed by atoms with Crippen LogP contribution in [0.15, 0.2) is 78.9 Å². The number of rotatable bonds is 12. The molecule has 0 fully saturated rings. The number of aryl methyl sites for hydroxylation is 1. The first-order valence-electron chi connectivity index (χ1n) is 12.6. The fraction of sp³-hybridized carbons (Fsp3) is 0.310. The highest BCUT2D eigenvalue weighted by Crippen LogP contribution is 2.26. The van der Waals surface area contributed by atoms with Crippen molar-refractivity contribution in [1.29, 1.82) is 0 Å². The van der Waals surface area contributed by atoms with E-state index in [2.05, 4.69) is 5.32 Å². The van der Waals surface area contributed by atoms with Crippen LogP contribution in [0.4, 0.5) is 5.69 Å². The minimum atomic E-state index is -3.82. The number of carbonyl (C=O) groups is 2. The fourth-order valence-corrected chi connectivity index (χ4v) is 4.99. The van der Waals surface area contributed by atoms with Gasteiger partial charge in [-0.05, 0) is 62.2 Å². The standard InChI is InChI=1S/C29H35N3O5S/c1-5-27(29(34)30-6-2)31(20-23-12-10-11-22(3)19-23)28(33)21-32(38(4,35)36)24-15-17-26(18-16-24)37-25-13-8-7-9-14-25/h7-19,27H,5-6,20-21H2,1-4H3,(H,30,34)/t27-/m0/s1. The largest absolute Gasteiger partial charge is 0.457 e. The van der Waals surface area contributed by atoms with Gasteiger partial charge in [0.2, 0.25) is 21.8 Å². The SMILES string of the molecule is CCNC(=O)[C@H](CC)N(Cc1cccc(C)c1)C(=O)CN(c1ccc(Oc2ccccc2)cc1)S(C)(=O)=O. The lowest BCUT2D eigenvalue weighted by atomic mass is 10.1. The van der Waals surface area contributed by atoms with Crippen LogP contribution in [0.1, 0.15) is 31.4 Å². The summed E-state index contributed by atoms with van der Waals surface area (Å²) >= 11 is 0. The van der Waals surface area contributed by atoms with Gasteiger partial charge in [-0.15, -0.1) is 0 Å². The maximum absolute atomic E-state index is 13.7. The predicted molar refractivity (Wildman–Crippen MR) is 150 cm³/mol. The van der Waals surface area contributed by atoms with Crippen molar-refractivity contribution in [1.82, 2.24) is 10.2 Å². The summed E-state index contributed by atoms with van der Waals surface area (Å²) in [6.07, 6.45) is 1.44. The lowest BCUT2D eigenvalue weighted by Crippen LogP contribution is -2.52. The first kappa shape index (κ1) is 28.7. The van der Waals surface area contributed by atoms with E-state index in [0.717, 1.165) is 21.7 Å². The smallest absolute Gasteiger partial charge is 0.244 e. The van der Waals surface area contributed by atoms with Crippen molar-refractivity contribution in [2.75, 3.05) is 23.7 Å². The molecule has 0 aliphatic carbocycles. The van der Waals surface area contributed by atoms with Crippen LogP contribution in [0.2, 0.25) is 0 Å². The molecule has 0 aliphatic heterocycles. The third kappa shape index (κ3) is 7.82. The molecule has 0 spiro atoms. The summed E-state index contributed by atoms with van der Waals surface area (Å²) in [6, 6.07) is 22.7. The van der Waals surface area contributed by atoms with Gasteiger partial charge in [0.15, 0.2) is 0 Å². The van der Waals surface area contributed by atoms with Crippen molar-refractivity contribution in [2.45, 2.75) is 39.8 Å². The molecule has 2 amide bonds. The number of ether oxygens (including phenoxy) is 1. The minimum absolute atomic E-state index is 0.178. The van der Waals surface area contributed by atoms with E-state index in [0.29, 0.717) is 30.2 Å². The molecule has 3 rings (SSSR count). The van der Waals surface area contributed by atoms with Crippen molar-refractivity contribution >= 4 is 27.5 Å². The summed E-state index contributed by atoms with van der Waals surface area (Å²) in [6.45, 7) is 5.75. The molecular formula is C29H35N3O5S. The van der Waals surface area contributed by atoms with Gasteiger partial charge in [-0.2, -0.15) is 0 Å². The highest BCUT2D eigenvalue weighted by molar-refractivity contribution is 7.92. The Morgan fingerprint density at radius 3 is 2.16 bits per heavy atom. The molecule has 9 heteroatoms. The predicted octanol–water partition coefficient (Wildman–Crippen LogP) is 4.50. The van der Waals surface area contributed by atoms with Crippen molar-refractivity contribution < 1.29 is 22.7 Å². The van der Waals surface area contributed by atoms with Crippen LogP contribution < -0.4 is 14.4 Å². The van der Waals surface area contributed by atoms with Crippen LogP contribution in [0.25, 0.3) is 0 Å². The van der Waals surface area contributed by atoms with Crippen LogP contribution >= 0.6 is 0 Å². The van der Waals surface area contributed by atoms with Crippen molar-refractivity contribution in [2.24, 2.45) is 0 Å². The van der Waals surface area contributed by atoms with Crippen LogP contribution in [-0.4, -0.2) is 50.5 Å². The van der Waals surface area contributed by atoms with Gasteiger partial charge in [-0.1, -0.05) is 55.0 Å². The fourth-order valence-electron chi connectivity index (χ4n) is 4.14. The normalized spacial score (nSPS) is 11.9. The van der Waals surface area contributed by atoms with Gasteiger partial charge >= 0.3 is 0 Å². The minimum Gasteiger partial charge on any atom is -0.457 e. The summed E-state index contributed by atoms with van der Waals surface area (Å²) < 4.78 is 32.4. The molecule has 8 nitrogen and oxygen atoms in total. The second-order valence-electron chi connectivity index (χ2n) is 9.01. The summed E-state index contributed by atoms with van der Waals surface area (Å²) in [4.78, 5) is 28.0. The maximum Gasteiger partial charge on any atom is 0.244 e. The number of sulfonamides is 1. The molecule has 3 aromatic rings. The monoisotopic (exact) mass is 537 g/mol. The van der Waals surface area contributed by atoms with Gasteiger partial charge < -0.3 is 15.0 Å². The van der Waals surface area contributed by atoms with Crippen LogP contribution in [0.5, 0.6) is 11.5 Å². The molecule has 1 N–H and O–H groups in total. The molecule has 0 unspecified atom stereocenters. The number of nitrogens with one attached hydrogen (secondary N) is 1. The van der Waals surface area contributed by atoms with E-state index in [4.69, 9.17) is 4.74 Å². The summed E-state index contributed by atoms with van der Waals surface area (Å²) in [5.41, 5.74) is 2.20. The van der Waals surface area contributed by atoms with Crippen LogP contribution in [0.3, 0.4) is 0 Å². The van der Waals surface area contributed by atoms with E-state index in [1.807, 2.05) is 75.4 Å². The third-order valence-electron chi connectivity index (χ3n) is 5.96. The van der Waals surface area contributed by atoms with E-state index < -0.39 is 28.5 Å². The zero-order chi connectivity index (χ0) is 27.7. The number of carbonyl (C=O) groups excluding carboxylic acids is 2. The highest BCUT2D eigenvalue weighted by atomic mass is 32.2. The Kier molecular flexibility index (Phi) is 9.90. The molecule has 1 atom stereocenters. The van der Waals surface area contributed by atoms with E-state index in [-0.39, 0.29) is 12.5 Å². The lowest BCUT2D eigenvalue weighted by Gasteiger charge is -2.32. The zero-order valence-electron chi connectivity index (χ0n) is 22.3. The first-order valence-corrected chi connectivity index (χ1v) is 14.4.